The molecule has 1 amide bonds. The molecule has 0 aromatic carbocycles. The Bertz CT molecular complexity index is 157. The number of rotatable bonds is 7. The van der Waals surface area contributed by atoms with Crippen LogP contribution in [-0.4, -0.2) is 23.2 Å². The van der Waals surface area contributed by atoms with Crippen molar-refractivity contribution in [1.29, 1.82) is 0 Å². The lowest BCUT2D eigenvalue weighted by molar-refractivity contribution is -0.121. The maximum absolute atomic E-state index is 11.3. The Morgan fingerprint density at radius 3 is 2.50 bits per heavy atom. The summed E-state index contributed by atoms with van der Waals surface area (Å²) >= 11 is 0. The molecule has 14 heavy (non-hydrogen) atoms. The van der Waals surface area contributed by atoms with Crippen LogP contribution in [0.2, 0.25) is 0 Å². The van der Waals surface area contributed by atoms with Crippen LogP contribution in [0.3, 0.4) is 0 Å². The molecule has 2 N–H and O–H groups in total. The number of nitrogens with one attached hydrogen (secondary N) is 1. The van der Waals surface area contributed by atoms with Gasteiger partial charge in [-0.15, -0.1) is 0 Å². The van der Waals surface area contributed by atoms with Crippen LogP contribution in [0.1, 0.15) is 52.9 Å². The molecule has 0 rings (SSSR count). The maximum Gasteiger partial charge on any atom is 0.220 e. The Morgan fingerprint density at radius 2 is 2.00 bits per heavy atom. The monoisotopic (exact) mass is 201 g/mol. The maximum atomic E-state index is 11.3. The highest BCUT2D eigenvalue weighted by atomic mass is 16.3. The van der Waals surface area contributed by atoms with Gasteiger partial charge in [-0.05, 0) is 26.7 Å². The Morgan fingerprint density at radius 1 is 1.36 bits per heavy atom. The van der Waals surface area contributed by atoms with Crippen LogP contribution in [0.4, 0.5) is 0 Å². The van der Waals surface area contributed by atoms with Crippen molar-refractivity contribution in [3.05, 3.63) is 0 Å². The number of amides is 1. The molecule has 84 valence electrons. The number of aliphatic hydroxyl groups is 1. The lowest BCUT2D eigenvalue weighted by Crippen LogP contribution is -2.34. The SMILES string of the molecule is CCCCCC(=O)NC(C)CC(C)O. The van der Waals surface area contributed by atoms with Gasteiger partial charge in [0.15, 0.2) is 0 Å². The summed E-state index contributed by atoms with van der Waals surface area (Å²) in [4.78, 5) is 11.3. The Hall–Kier alpha value is -0.570. The Balaban J connectivity index is 3.50. The van der Waals surface area contributed by atoms with Gasteiger partial charge in [-0.25, -0.2) is 0 Å². The summed E-state index contributed by atoms with van der Waals surface area (Å²) in [6.07, 6.45) is 4.09. The zero-order valence-corrected chi connectivity index (χ0v) is 9.55. The standard InChI is InChI=1S/C11H23NO2/c1-4-5-6-7-11(14)12-9(2)8-10(3)13/h9-10,13H,4-8H2,1-3H3,(H,12,14). The lowest BCUT2D eigenvalue weighted by atomic mass is 10.1. The molecule has 0 aliphatic heterocycles. The molecule has 0 spiro atoms. The van der Waals surface area contributed by atoms with E-state index in [1.54, 1.807) is 6.92 Å². The summed E-state index contributed by atoms with van der Waals surface area (Å²) in [5.41, 5.74) is 0. The number of unbranched alkanes of at least 4 members (excludes halogenated alkanes) is 2. The van der Waals surface area contributed by atoms with E-state index < -0.39 is 0 Å². The number of hydrogen-bond donors (Lipinski definition) is 2. The molecule has 0 aromatic heterocycles. The van der Waals surface area contributed by atoms with E-state index >= 15 is 0 Å². The van der Waals surface area contributed by atoms with E-state index in [4.69, 9.17) is 5.11 Å². The van der Waals surface area contributed by atoms with Gasteiger partial charge in [-0.2, -0.15) is 0 Å². The first kappa shape index (κ1) is 13.4. The molecular weight excluding hydrogens is 178 g/mol. The van der Waals surface area contributed by atoms with E-state index in [0.29, 0.717) is 12.8 Å². The van der Waals surface area contributed by atoms with Crippen LogP contribution in [0.15, 0.2) is 0 Å². The molecule has 0 heterocycles. The predicted octanol–water partition coefficient (Wildman–Crippen LogP) is 1.84. The molecule has 0 fully saturated rings. The average molecular weight is 201 g/mol. The van der Waals surface area contributed by atoms with Gasteiger partial charge in [0.25, 0.3) is 0 Å². The van der Waals surface area contributed by atoms with Gasteiger partial charge in [0.1, 0.15) is 0 Å². The number of hydrogen-bond acceptors (Lipinski definition) is 2. The van der Waals surface area contributed by atoms with Crippen molar-refractivity contribution in [1.82, 2.24) is 5.32 Å². The first-order chi connectivity index (χ1) is 6.56. The molecular formula is C11H23NO2. The van der Waals surface area contributed by atoms with E-state index in [-0.39, 0.29) is 18.1 Å². The summed E-state index contributed by atoms with van der Waals surface area (Å²) in [6.45, 7) is 5.78. The molecule has 0 radical (unpaired) electrons. The highest BCUT2D eigenvalue weighted by Crippen LogP contribution is 2.01. The number of carbonyl (C=O) groups is 1. The smallest absolute Gasteiger partial charge is 0.220 e. The van der Waals surface area contributed by atoms with Crippen molar-refractivity contribution in [3.8, 4) is 0 Å². The van der Waals surface area contributed by atoms with E-state index in [9.17, 15) is 4.79 Å². The topological polar surface area (TPSA) is 49.3 Å². The Kier molecular flexibility index (Phi) is 7.48. The van der Waals surface area contributed by atoms with E-state index in [2.05, 4.69) is 12.2 Å². The van der Waals surface area contributed by atoms with Crippen LogP contribution < -0.4 is 5.32 Å². The molecule has 0 saturated carbocycles. The molecule has 3 heteroatoms. The molecule has 0 saturated heterocycles. The third-order valence-corrected chi connectivity index (χ3v) is 2.11. The highest BCUT2D eigenvalue weighted by molar-refractivity contribution is 5.76. The van der Waals surface area contributed by atoms with Crippen LogP contribution in [0.5, 0.6) is 0 Å². The minimum absolute atomic E-state index is 0.0733. The lowest BCUT2D eigenvalue weighted by Gasteiger charge is -2.15. The van der Waals surface area contributed by atoms with Crippen molar-refractivity contribution in [2.24, 2.45) is 0 Å². The van der Waals surface area contributed by atoms with Crippen LogP contribution in [0.25, 0.3) is 0 Å². The van der Waals surface area contributed by atoms with Gasteiger partial charge >= 0.3 is 0 Å². The Labute approximate surface area is 86.9 Å². The van der Waals surface area contributed by atoms with E-state index in [1.807, 2.05) is 6.92 Å². The third kappa shape index (κ3) is 8.05. The summed E-state index contributed by atoms with van der Waals surface area (Å²) in [5.74, 6) is 0.103. The van der Waals surface area contributed by atoms with Gasteiger partial charge in [0.2, 0.25) is 5.91 Å². The summed E-state index contributed by atoms with van der Waals surface area (Å²) in [6, 6.07) is 0.0733. The first-order valence-corrected chi connectivity index (χ1v) is 5.53. The molecule has 2 unspecified atom stereocenters. The van der Waals surface area contributed by atoms with Crippen molar-refractivity contribution >= 4 is 5.91 Å². The number of aliphatic hydroxyl groups excluding tert-OH is 1. The van der Waals surface area contributed by atoms with Crippen molar-refractivity contribution < 1.29 is 9.90 Å². The molecule has 0 aliphatic rings. The van der Waals surface area contributed by atoms with Crippen LogP contribution >= 0.6 is 0 Å². The van der Waals surface area contributed by atoms with Crippen molar-refractivity contribution in [2.45, 2.75) is 65.0 Å². The zero-order chi connectivity index (χ0) is 11.0. The minimum Gasteiger partial charge on any atom is -0.393 e. The van der Waals surface area contributed by atoms with Gasteiger partial charge in [-0.1, -0.05) is 19.8 Å². The minimum atomic E-state index is -0.346. The van der Waals surface area contributed by atoms with E-state index in [0.717, 1.165) is 19.3 Å². The van der Waals surface area contributed by atoms with Gasteiger partial charge in [0.05, 0.1) is 6.10 Å². The second-order valence-electron chi connectivity index (χ2n) is 4.01. The molecule has 0 bridgehead atoms. The molecule has 0 aliphatic carbocycles. The predicted molar refractivity (Wildman–Crippen MR) is 58.0 cm³/mol. The average Bonchev–Trinajstić information content (AvgIpc) is 2.02. The van der Waals surface area contributed by atoms with Gasteiger partial charge < -0.3 is 10.4 Å². The normalized spacial score (nSPS) is 14.9. The second kappa shape index (κ2) is 7.80. The molecule has 3 nitrogen and oxygen atoms in total. The fraction of sp³-hybridized carbons (Fsp3) is 0.909. The van der Waals surface area contributed by atoms with Crippen LogP contribution in [0, 0.1) is 0 Å². The zero-order valence-electron chi connectivity index (χ0n) is 9.55. The molecule has 0 aromatic rings. The first-order valence-electron chi connectivity index (χ1n) is 5.53. The molecule has 2 atom stereocenters. The van der Waals surface area contributed by atoms with Gasteiger partial charge in [0, 0.05) is 12.5 Å². The van der Waals surface area contributed by atoms with Gasteiger partial charge in [-0.3, -0.25) is 4.79 Å². The highest BCUT2D eigenvalue weighted by Gasteiger charge is 2.08. The fourth-order valence-corrected chi connectivity index (χ4v) is 1.45. The summed E-state index contributed by atoms with van der Waals surface area (Å²) in [7, 11) is 0. The quantitative estimate of drug-likeness (QED) is 0.617. The third-order valence-electron chi connectivity index (χ3n) is 2.11. The fourth-order valence-electron chi connectivity index (χ4n) is 1.45. The summed E-state index contributed by atoms with van der Waals surface area (Å²) < 4.78 is 0. The largest absolute Gasteiger partial charge is 0.393 e. The van der Waals surface area contributed by atoms with Crippen molar-refractivity contribution in [3.63, 3.8) is 0 Å². The van der Waals surface area contributed by atoms with E-state index in [1.165, 1.54) is 0 Å². The van der Waals surface area contributed by atoms with Crippen molar-refractivity contribution in [2.75, 3.05) is 0 Å². The second-order valence-corrected chi connectivity index (χ2v) is 4.01. The summed E-state index contributed by atoms with van der Waals surface area (Å²) in [5, 5.41) is 12.0. The number of carbonyl (C=O) groups excluding carboxylic acids is 1. The van der Waals surface area contributed by atoms with Crippen LogP contribution in [-0.2, 0) is 4.79 Å².